The zero-order valence-corrected chi connectivity index (χ0v) is 10.7. The number of carbonyl (C=O) groups excluding carboxylic acids is 2. The van der Waals surface area contributed by atoms with Crippen LogP contribution in [0.25, 0.3) is 0 Å². The van der Waals surface area contributed by atoms with Crippen molar-refractivity contribution < 1.29 is 24.2 Å². The number of carbonyl (C=O) groups is 3. The Hall–Kier alpha value is -2.12. The number of hydrogen-bond donors (Lipinski definition) is 3. The summed E-state index contributed by atoms with van der Waals surface area (Å²) in [6, 6.07) is 0. The largest absolute Gasteiger partial charge is 0.477 e. The molecule has 2 amide bonds. The van der Waals surface area contributed by atoms with Crippen LogP contribution in [0, 0.1) is 0 Å². The van der Waals surface area contributed by atoms with Crippen molar-refractivity contribution in [1.82, 2.24) is 10.7 Å². The van der Waals surface area contributed by atoms with Crippen molar-refractivity contribution in [3.8, 4) is 0 Å². The first-order chi connectivity index (χ1) is 8.11. The molecule has 0 saturated heterocycles. The Labute approximate surface area is 104 Å². The summed E-state index contributed by atoms with van der Waals surface area (Å²) in [7, 11) is 0. The van der Waals surface area contributed by atoms with E-state index in [-0.39, 0.29) is 6.54 Å². The molecule has 0 rings (SSSR count). The maximum absolute atomic E-state index is 11.2. The maximum atomic E-state index is 11.2. The van der Waals surface area contributed by atoms with Gasteiger partial charge in [-0.2, -0.15) is 5.10 Å². The zero-order valence-electron chi connectivity index (χ0n) is 10.7. The second-order valence-electron chi connectivity index (χ2n) is 4.39. The highest BCUT2D eigenvalue weighted by Gasteiger charge is 2.17. The molecule has 0 radical (unpaired) electrons. The number of ether oxygens (including phenoxy) is 1. The molecule has 0 spiro atoms. The summed E-state index contributed by atoms with van der Waals surface area (Å²) in [5.41, 5.74) is 0.825. The summed E-state index contributed by atoms with van der Waals surface area (Å²) in [5.74, 6) is -1.75. The van der Waals surface area contributed by atoms with Gasteiger partial charge >= 0.3 is 12.1 Å². The van der Waals surface area contributed by atoms with Crippen LogP contribution in [0.1, 0.15) is 27.7 Å². The van der Waals surface area contributed by atoms with Crippen molar-refractivity contribution >= 4 is 23.7 Å². The number of carboxylic acid groups (broad SMARTS) is 1. The molecule has 0 heterocycles. The number of carboxylic acids is 1. The third-order valence-electron chi connectivity index (χ3n) is 1.43. The van der Waals surface area contributed by atoms with Crippen LogP contribution in [0.5, 0.6) is 0 Å². The van der Waals surface area contributed by atoms with Gasteiger partial charge in [0.2, 0.25) is 5.91 Å². The Morgan fingerprint density at radius 3 is 2.22 bits per heavy atom. The van der Waals surface area contributed by atoms with Gasteiger partial charge in [0.15, 0.2) is 5.71 Å². The SMILES string of the molecule is CC(=O)NCC(=NNC(=O)OC(C)(C)C)C(=O)O. The van der Waals surface area contributed by atoms with Crippen molar-refractivity contribution in [1.29, 1.82) is 0 Å². The van der Waals surface area contributed by atoms with E-state index in [1.807, 2.05) is 5.43 Å². The Morgan fingerprint density at radius 1 is 1.28 bits per heavy atom. The van der Waals surface area contributed by atoms with Crippen LogP contribution in [-0.4, -0.2) is 40.9 Å². The van der Waals surface area contributed by atoms with Gasteiger partial charge in [0, 0.05) is 6.92 Å². The van der Waals surface area contributed by atoms with E-state index in [1.165, 1.54) is 6.92 Å². The molecule has 0 aliphatic carbocycles. The first-order valence-corrected chi connectivity index (χ1v) is 5.15. The van der Waals surface area contributed by atoms with Crippen molar-refractivity contribution in [3.05, 3.63) is 0 Å². The minimum atomic E-state index is -1.35. The number of rotatable bonds is 4. The van der Waals surface area contributed by atoms with Gasteiger partial charge in [0.1, 0.15) is 5.60 Å². The number of hydrogen-bond acceptors (Lipinski definition) is 5. The lowest BCUT2D eigenvalue weighted by molar-refractivity contribution is -0.129. The van der Waals surface area contributed by atoms with Gasteiger partial charge < -0.3 is 15.2 Å². The first kappa shape index (κ1) is 15.9. The third kappa shape index (κ3) is 8.08. The zero-order chi connectivity index (χ0) is 14.3. The van der Waals surface area contributed by atoms with Gasteiger partial charge in [-0.25, -0.2) is 15.0 Å². The maximum Gasteiger partial charge on any atom is 0.428 e. The monoisotopic (exact) mass is 259 g/mol. The molecule has 0 aromatic heterocycles. The molecule has 0 saturated carbocycles. The molecule has 0 aromatic carbocycles. The fourth-order valence-corrected chi connectivity index (χ4v) is 0.785. The second-order valence-corrected chi connectivity index (χ2v) is 4.39. The Bertz CT molecular complexity index is 370. The summed E-state index contributed by atoms with van der Waals surface area (Å²) in [6.07, 6.45) is -0.871. The van der Waals surface area contributed by atoms with Crippen molar-refractivity contribution in [2.75, 3.05) is 6.54 Å². The molecule has 0 aromatic rings. The van der Waals surface area contributed by atoms with E-state index in [1.54, 1.807) is 20.8 Å². The summed E-state index contributed by atoms with van der Waals surface area (Å²) < 4.78 is 4.86. The molecule has 0 aliphatic rings. The van der Waals surface area contributed by atoms with E-state index in [2.05, 4.69) is 10.4 Å². The minimum Gasteiger partial charge on any atom is -0.477 e. The van der Waals surface area contributed by atoms with E-state index in [0.717, 1.165) is 0 Å². The van der Waals surface area contributed by atoms with Crippen molar-refractivity contribution in [3.63, 3.8) is 0 Å². The Morgan fingerprint density at radius 2 is 1.83 bits per heavy atom. The lowest BCUT2D eigenvalue weighted by Gasteiger charge is -2.18. The third-order valence-corrected chi connectivity index (χ3v) is 1.43. The Balaban J connectivity index is 4.45. The fraction of sp³-hybridized carbons (Fsp3) is 0.600. The molecule has 0 fully saturated rings. The second kappa shape index (κ2) is 6.58. The molecule has 0 aliphatic heterocycles. The lowest BCUT2D eigenvalue weighted by Crippen LogP contribution is -2.35. The summed E-state index contributed by atoms with van der Waals surface area (Å²) in [6.45, 7) is 5.92. The van der Waals surface area contributed by atoms with E-state index >= 15 is 0 Å². The normalized spacial score (nSPS) is 11.7. The van der Waals surface area contributed by atoms with E-state index in [0.29, 0.717) is 0 Å². The van der Waals surface area contributed by atoms with Gasteiger partial charge in [0.25, 0.3) is 0 Å². The smallest absolute Gasteiger partial charge is 0.428 e. The molecule has 0 atom stereocenters. The highest BCUT2D eigenvalue weighted by Crippen LogP contribution is 2.06. The van der Waals surface area contributed by atoms with Gasteiger partial charge in [-0.3, -0.25) is 4.79 Å². The predicted octanol–water partition coefficient (Wildman–Crippen LogP) is 0.0878. The van der Waals surface area contributed by atoms with Gasteiger partial charge in [-0.15, -0.1) is 0 Å². The van der Waals surface area contributed by atoms with Crippen LogP contribution in [0.2, 0.25) is 0 Å². The molecule has 8 nitrogen and oxygen atoms in total. The van der Waals surface area contributed by atoms with Crippen LogP contribution in [0.4, 0.5) is 4.79 Å². The predicted molar refractivity (Wildman–Crippen MR) is 63.1 cm³/mol. The quantitative estimate of drug-likeness (QED) is 0.488. The molecule has 3 N–H and O–H groups in total. The number of nitrogens with zero attached hydrogens (tertiary/aromatic N) is 1. The highest BCUT2D eigenvalue weighted by atomic mass is 16.6. The van der Waals surface area contributed by atoms with Crippen molar-refractivity contribution in [2.24, 2.45) is 5.10 Å². The Kier molecular flexibility index (Phi) is 5.80. The van der Waals surface area contributed by atoms with E-state index < -0.39 is 29.3 Å². The minimum absolute atomic E-state index is 0.291. The van der Waals surface area contributed by atoms with Crippen LogP contribution >= 0.6 is 0 Å². The van der Waals surface area contributed by atoms with Crippen LogP contribution < -0.4 is 10.7 Å². The average Bonchev–Trinajstić information content (AvgIpc) is 2.13. The fourth-order valence-electron chi connectivity index (χ4n) is 0.785. The van der Waals surface area contributed by atoms with Gasteiger partial charge in [-0.05, 0) is 20.8 Å². The molecule has 0 unspecified atom stereocenters. The molecular formula is C10H17N3O5. The van der Waals surface area contributed by atoms with Crippen molar-refractivity contribution in [2.45, 2.75) is 33.3 Å². The van der Waals surface area contributed by atoms with E-state index in [9.17, 15) is 14.4 Å². The molecule has 102 valence electrons. The average molecular weight is 259 g/mol. The van der Waals surface area contributed by atoms with Crippen LogP contribution in [-0.2, 0) is 14.3 Å². The van der Waals surface area contributed by atoms with Gasteiger partial charge in [0.05, 0.1) is 6.54 Å². The first-order valence-electron chi connectivity index (χ1n) is 5.15. The number of nitrogens with one attached hydrogen (secondary N) is 2. The molecular weight excluding hydrogens is 242 g/mol. The number of hydrazone groups is 1. The van der Waals surface area contributed by atoms with E-state index in [4.69, 9.17) is 9.84 Å². The number of aliphatic carboxylic acids is 1. The molecule has 8 heteroatoms. The van der Waals surface area contributed by atoms with Crippen LogP contribution in [0.15, 0.2) is 5.10 Å². The summed E-state index contributed by atoms with van der Waals surface area (Å²) in [5, 5.41) is 14.4. The van der Waals surface area contributed by atoms with Gasteiger partial charge in [-0.1, -0.05) is 0 Å². The standard InChI is InChI=1S/C10H17N3O5/c1-6(14)11-5-7(8(15)16)12-13-9(17)18-10(2,3)4/h5H2,1-4H3,(H,11,14)(H,13,17)(H,15,16). The molecule has 0 bridgehead atoms. The van der Waals surface area contributed by atoms with Crippen LogP contribution in [0.3, 0.4) is 0 Å². The summed E-state index contributed by atoms with van der Waals surface area (Å²) in [4.78, 5) is 32.6. The summed E-state index contributed by atoms with van der Waals surface area (Å²) >= 11 is 0. The highest BCUT2D eigenvalue weighted by molar-refractivity contribution is 6.36. The topological polar surface area (TPSA) is 117 Å². The lowest BCUT2D eigenvalue weighted by atomic mass is 10.2. The number of amides is 2. The molecule has 18 heavy (non-hydrogen) atoms.